The van der Waals surface area contributed by atoms with Crippen molar-refractivity contribution in [3.8, 4) is 17.1 Å². The normalized spacial score (nSPS) is 24.8. The first kappa shape index (κ1) is 22.0. The average Bonchev–Trinajstić information content (AvgIpc) is 3.41. The Morgan fingerprint density at radius 2 is 1.88 bits per heavy atom. The van der Waals surface area contributed by atoms with E-state index in [1.807, 2.05) is 36.4 Å². The Kier molecular flexibility index (Phi) is 5.79. The van der Waals surface area contributed by atoms with Gasteiger partial charge in [-0.15, -0.1) is 0 Å². The van der Waals surface area contributed by atoms with Gasteiger partial charge in [0.25, 0.3) is 0 Å². The molecule has 3 aromatic rings. The lowest BCUT2D eigenvalue weighted by atomic mass is 10.0. The molecule has 1 N–H and O–H groups in total. The van der Waals surface area contributed by atoms with Crippen molar-refractivity contribution < 1.29 is 9.13 Å². The molecule has 0 aliphatic carbocycles. The van der Waals surface area contributed by atoms with Crippen molar-refractivity contribution in [1.82, 2.24) is 20.2 Å². The molecule has 34 heavy (non-hydrogen) atoms. The Morgan fingerprint density at radius 1 is 1.12 bits per heavy atom. The summed E-state index contributed by atoms with van der Waals surface area (Å²) in [5.41, 5.74) is 1.34. The molecule has 4 heterocycles. The van der Waals surface area contributed by atoms with E-state index in [1.165, 1.54) is 0 Å². The van der Waals surface area contributed by atoms with Gasteiger partial charge in [0, 0.05) is 42.2 Å². The number of likely N-dealkylation sites (N-methyl/N-ethyl adjacent to an activating group) is 1. The zero-order valence-electron chi connectivity index (χ0n) is 19.3. The highest BCUT2D eigenvalue weighted by Crippen LogP contribution is 2.39. The fraction of sp³-hybridized carbons (Fsp3) is 0.462. The van der Waals surface area contributed by atoms with Crippen LogP contribution in [0, 0.1) is 5.82 Å². The van der Waals surface area contributed by atoms with Crippen LogP contribution in [-0.4, -0.2) is 66.3 Å². The van der Waals surface area contributed by atoms with E-state index in [4.69, 9.17) is 21.3 Å². The Labute approximate surface area is 204 Å². The maximum absolute atomic E-state index is 16.0. The van der Waals surface area contributed by atoms with Crippen LogP contribution in [0.25, 0.3) is 22.0 Å². The molecule has 3 atom stereocenters. The second-order valence-corrected chi connectivity index (χ2v) is 10.2. The SMILES string of the molecule is CN1CCC[C@H]1COc1nc(N2C[C@@H]3CC[C@@H](C2)N3)c2cc(Cl)c(-c3ccccc3)c(F)c2n1. The molecule has 2 bridgehead atoms. The molecule has 6 rings (SSSR count). The lowest BCUT2D eigenvalue weighted by molar-refractivity contribution is 0.188. The Bertz CT molecular complexity index is 1200. The van der Waals surface area contributed by atoms with E-state index >= 15 is 4.39 Å². The third-order valence-corrected chi connectivity index (χ3v) is 7.80. The molecule has 0 saturated carbocycles. The van der Waals surface area contributed by atoms with E-state index in [-0.39, 0.29) is 11.5 Å². The molecule has 178 valence electrons. The van der Waals surface area contributed by atoms with Crippen LogP contribution in [0.2, 0.25) is 5.02 Å². The number of anilines is 1. The minimum Gasteiger partial charge on any atom is -0.462 e. The largest absolute Gasteiger partial charge is 0.462 e. The molecule has 0 spiro atoms. The second kappa shape index (κ2) is 8.95. The van der Waals surface area contributed by atoms with Gasteiger partial charge in [0.1, 0.15) is 17.9 Å². The summed E-state index contributed by atoms with van der Waals surface area (Å²) in [7, 11) is 2.11. The molecular weight excluding hydrogens is 453 g/mol. The van der Waals surface area contributed by atoms with Gasteiger partial charge < -0.3 is 19.9 Å². The zero-order valence-corrected chi connectivity index (χ0v) is 20.1. The van der Waals surface area contributed by atoms with Crippen molar-refractivity contribution in [3.05, 3.63) is 47.2 Å². The summed E-state index contributed by atoms with van der Waals surface area (Å²) < 4.78 is 22.1. The number of nitrogens with zero attached hydrogens (tertiary/aromatic N) is 4. The van der Waals surface area contributed by atoms with Crippen molar-refractivity contribution in [1.29, 1.82) is 0 Å². The van der Waals surface area contributed by atoms with Crippen LogP contribution in [0.5, 0.6) is 6.01 Å². The van der Waals surface area contributed by atoms with Crippen LogP contribution in [0.4, 0.5) is 10.2 Å². The number of hydrogen-bond donors (Lipinski definition) is 1. The van der Waals surface area contributed by atoms with Crippen molar-refractivity contribution in [3.63, 3.8) is 0 Å². The predicted molar refractivity (Wildman–Crippen MR) is 133 cm³/mol. The van der Waals surface area contributed by atoms with Crippen molar-refractivity contribution >= 4 is 28.3 Å². The summed E-state index contributed by atoms with van der Waals surface area (Å²) in [4.78, 5) is 13.9. The van der Waals surface area contributed by atoms with Gasteiger partial charge in [0.2, 0.25) is 0 Å². The third-order valence-electron chi connectivity index (χ3n) is 7.50. The van der Waals surface area contributed by atoms with Gasteiger partial charge in [-0.2, -0.15) is 9.97 Å². The lowest BCUT2D eigenvalue weighted by Gasteiger charge is -2.34. The molecule has 1 aromatic heterocycles. The minimum atomic E-state index is -0.432. The van der Waals surface area contributed by atoms with Gasteiger partial charge in [0.15, 0.2) is 5.82 Å². The maximum atomic E-state index is 16.0. The number of ether oxygens (including phenoxy) is 1. The first-order valence-corrected chi connectivity index (χ1v) is 12.5. The second-order valence-electron chi connectivity index (χ2n) is 9.77. The standard InChI is InChI=1S/C26H29ClFN5O/c1-32-11-5-8-19(32)15-34-26-30-24-20(25(31-26)33-13-17-9-10-18(14-33)29-17)12-21(27)22(23(24)28)16-6-3-2-4-7-16/h2-4,6-7,12,17-19,29H,5,8-11,13-15H2,1H3/t17-,18-,19-/m0/s1. The molecule has 0 radical (unpaired) electrons. The molecule has 0 amide bonds. The van der Waals surface area contributed by atoms with Gasteiger partial charge >= 0.3 is 6.01 Å². The van der Waals surface area contributed by atoms with Gasteiger partial charge in [-0.05, 0) is 50.9 Å². The quantitative estimate of drug-likeness (QED) is 0.579. The van der Waals surface area contributed by atoms with Crippen molar-refractivity contribution in [2.24, 2.45) is 0 Å². The monoisotopic (exact) mass is 481 g/mol. The van der Waals surface area contributed by atoms with E-state index in [2.05, 4.69) is 27.1 Å². The number of nitrogens with one attached hydrogen (secondary N) is 1. The summed E-state index contributed by atoms with van der Waals surface area (Å²) in [6, 6.07) is 12.6. The molecule has 8 heteroatoms. The molecule has 2 aromatic carbocycles. The number of piperazine rings is 1. The summed E-state index contributed by atoms with van der Waals surface area (Å²) in [6.07, 6.45) is 4.54. The maximum Gasteiger partial charge on any atom is 0.319 e. The van der Waals surface area contributed by atoms with E-state index in [9.17, 15) is 0 Å². The topological polar surface area (TPSA) is 53.5 Å². The summed E-state index contributed by atoms with van der Waals surface area (Å²) >= 11 is 6.66. The van der Waals surface area contributed by atoms with Gasteiger partial charge in [-0.1, -0.05) is 41.9 Å². The van der Waals surface area contributed by atoms with Gasteiger partial charge in [-0.3, -0.25) is 0 Å². The fourth-order valence-electron chi connectivity index (χ4n) is 5.67. The smallest absolute Gasteiger partial charge is 0.319 e. The fourth-order valence-corrected chi connectivity index (χ4v) is 5.97. The summed E-state index contributed by atoms with van der Waals surface area (Å²) in [6.45, 7) is 3.21. The first-order valence-electron chi connectivity index (χ1n) is 12.2. The van der Waals surface area contributed by atoms with Crippen LogP contribution in [-0.2, 0) is 0 Å². The van der Waals surface area contributed by atoms with E-state index in [0.29, 0.717) is 46.5 Å². The molecule has 0 unspecified atom stereocenters. The molecule has 6 nitrogen and oxygen atoms in total. The number of halogens is 2. The molecule has 3 aliphatic rings. The Hall–Kier alpha value is -2.48. The Morgan fingerprint density at radius 3 is 2.59 bits per heavy atom. The van der Waals surface area contributed by atoms with E-state index in [1.54, 1.807) is 0 Å². The van der Waals surface area contributed by atoms with Gasteiger partial charge in [0.05, 0.1) is 5.02 Å². The number of benzene rings is 2. The van der Waals surface area contributed by atoms with Crippen LogP contribution in [0.3, 0.4) is 0 Å². The van der Waals surface area contributed by atoms with Crippen molar-refractivity contribution in [2.45, 2.75) is 43.8 Å². The highest BCUT2D eigenvalue weighted by molar-refractivity contribution is 6.34. The molecule has 3 saturated heterocycles. The van der Waals surface area contributed by atoms with Gasteiger partial charge in [-0.25, -0.2) is 4.39 Å². The lowest BCUT2D eigenvalue weighted by Crippen LogP contribution is -2.51. The highest BCUT2D eigenvalue weighted by Gasteiger charge is 2.34. The van der Waals surface area contributed by atoms with Crippen molar-refractivity contribution in [2.75, 3.05) is 38.2 Å². The number of likely N-dealkylation sites (tertiary alicyclic amines) is 1. The average molecular weight is 482 g/mol. The number of rotatable bonds is 5. The van der Waals surface area contributed by atoms with Crippen LogP contribution < -0.4 is 15.0 Å². The third kappa shape index (κ3) is 4.00. The number of aromatic nitrogens is 2. The Balaban J connectivity index is 1.45. The van der Waals surface area contributed by atoms with Crippen LogP contribution in [0.15, 0.2) is 36.4 Å². The summed E-state index contributed by atoms with van der Waals surface area (Å²) in [5.74, 6) is 0.275. The van der Waals surface area contributed by atoms with E-state index < -0.39 is 5.82 Å². The van der Waals surface area contributed by atoms with Crippen LogP contribution >= 0.6 is 11.6 Å². The number of hydrogen-bond acceptors (Lipinski definition) is 6. The highest BCUT2D eigenvalue weighted by atomic mass is 35.5. The zero-order chi connectivity index (χ0) is 23.2. The van der Waals surface area contributed by atoms with Crippen LogP contribution in [0.1, 0.15) is 25.7 Å². The molecule has 3 fully saturated rings. The number of fused-ring (bicyclic) bond motifs is 3. The minimum absolute atomic E-state index is 0.230. The van der Waals surface area contributed by atoms with E-state index in [0.717, 1.165) is 50.9 Å². The summed E-state index contributed by atoms with van der Waals surface area (Å²) in [5, 5.41) is 4.65. The molecular formula is C26H29ClFN5O. The predicted octanol–water partition coefficient (Wildman–Crippen LogP) is 4.50. The molecule has 3 aliphatic heterocycles. The first-order chi connectivity index (χ1) is 16.6.